The van der Waals surface area contributed by atoms with Crippen molar-refractivity contribution < 1.29 is 18.6 Å². The number of ether oxygens (including phenoxy) is 1. The Morgan fingerprint density at radius 1 is 0.941 bits per heavy atom. The highest BCUT2D eigenvalue weighted by Crippen LogP contribution is 2.34. The molecule has 0 unspecified atom stereocenters. The quantitative estimate of drug-likeness (QED) is 0.866. The lowest BCUT2D eigenvalue weighted by Crippen LogP contribution is -1.93. The van der Waals surface area contributed by atoms with Gasteiger partial charge < -0.3 is 9.84 Å². The van der Waals surface area contributed by atoms with Gasteiger partial charge in [-0.25, -0.2) is 4.39 Å². The van der Waals surface area contributed by atoms with E-state index in [2.05, 4.69) is 0 Å². The number of phenolic OH excluding ortho intramolecular Hbond substituents is 1. The lowest BCUT2D eigenvalue weighted by Gasteiger charge is -2.09. The molecule has 2 rings (SSSR count). The van der Waals surface area contributed by atoms with Gasteiger partial charge >= 0.3 is 0 Å². The van der Waals surface area contributed by atoms with Crippen LogP contribution in [-0.2, 0) is 0 Å². The monoisotopic (exact) mass is 236 g/mol. The second-order valence-corrected chi connectivity index (χ2v) is 3.46. The smallest absolute Gasteiger partial charge is 0.200 e. The summed E-state index contributed by atoms with van der Waals surface area (Å²) in [5.41, 5.74) is 0.490. The molecular formula is C13H10F2O2. The summed E-state index contributed by atoms with van der Waals surface area (Å²) in [6.07, 6.45) is 0. The van der Waals surface area contributed by atoms with Crippen LogP contribution in [-0.4, -0.2) is 12.2 Å². The van der Waals surface area contributed by atoms with Crippen molar-refractivity contribution in [1.29, 1.82) is 0 Å². The Labute approximate surface area is 97.1 Å². The number of halogens is 2. The molecule has 1 N–H and O–H groups in total. The summed E-state index contributed by atoms with van der Waals surface area (Å²) < 4.78 is 32.0. The van der Waals surface area contributed by atoms with Crippen LogP contribution in [0.2, 0.25) is 0 Å². The summed E-state index contributed by atoms with van der Waals surface area (Å²) in [7, 11) is 1.45. The molecule has 0 heterocycles. The first-order valence-corrected chi connectivity index (χ1v) is 4.95. The summed E-state index contributed by atoms with van der Waals surface area (Å²) in [6.45, 7) is 0. The van der Waals surface area contributed by atoms with Crippen molar-refractivity contribution in [2.45, 2.75) is 0 Å². The van der Waals surface area contributed by atoms with Crippen LogP contribution in [0, 0.1) is 11.6 Å². The van der Waals surface area contributed by atoms with E-state index in [1.54, 1.807) is 24.3 Å². The number of hydrogen-bond acceptors (Lipinski definition) is 2. The van der Waals surface area contributed by atoms with Crippen LogP contribution in [0.4, 0.5) is 8.78 Å². The molecule has 0 aliphatic rings. The van der Waals surface area contributed by atoms with Gasteiger partial charge in [-0.05, 0) is 18.2 Å². The van der Waals surface area contributed by atoms with E-state index in [4.69, 9.17) is 9.84 Å². The molecule has 0 aliphatic heterocycles. The van der Waals surface area contributed by atoms with Crippen LogP contribution in [0.25, 0.3) is 11.1 Å². The third kappa shape index (κ3) is 1.93. The van der Waals surface area contributed by atoms with Crippen molar-refractivity contribution in [2.75, 3.05) is 7.11 Å². The Hall–Kier alpha value is -2.10. The number of aromatic hydroxyl groups is 1. The van der Waals surface area contributed by atoms with Crippen LogP contribution < -0.4 is 4.74 Å². The SMILES string of the molecule is COc1ccccc1-c1ccc(O)c(F)c1F. The normalized spacial score (nSPS) is 10.3. The van der Waals surface area contributed by atoms with Gasteiger partial charge in [0, 0.05) is 11.1 Å². The number of para-hydroxylation sites is 1. The highest BCUT2D eigenvalue weighted by molar-refractivity contribution is 5.71. The maximum absolute atomic E-state index is 13.7. The van der Waals surface area contributed by atoms with Gasteiger partial charge in [-0.1, -0.05) is 18.2 Å². The summed E-state index contributed by atoms with van der Waals surface area (Å²) in [6, 6.07) is 9.12. The molecule has 0 aliphatic carbocycles. The van der Waals surface area contributed by atoms with Gasteiger partial charge in [-0.3, -0.25) is 0 Å². The number of benzene rings is 2. The molecule has 0 aromatic heterocycles. The molecule has 0 fully saturated rings. The Morgan fingerprint density at radius 3 is 2.35 bits per heavy atom. The van der Waals surface area contributed by atoms with Crippen molar-refractivity contribution in [3.05, 3.63) is 48.0 Å². The molecule has 0 saturated carbocycles. The van der Waals surface area contributed by atoms with Gasteiger partial charge in [0.1, 0.15) is 5.75 Å². The molecule has 17 heavy (non-hydrogen) atoms. The Balaban J connectivity index is 2.65. The summed E-state index contributed by atoms with van der Waals surface area (Å²) in [5.74, 6) is -2.61. The van der Waals surface area contributed by atoms with E-state index < -0.39 is 17.4 Å². The lowest BCUT2D eigenvalue weighted by atomic mass is 10.0. The van der Waals surface area contributed by atoms with Crippen LogP contribution in [0.1, 0.15) is 0 Å². The van der Waals surface area contributed by atoms with Crippen LogP contribution in [0.5, 0.6) is 11.5 Å². The molecule has 0 radical (unpaired) electrons. The predicted molar refractivity (Wildman–Crippen MR) is 60.0 cm³/mol. The maximum atomic E-state index is 13.7. The van der Waals surface area contributed by atoms with Crippen LogP contribution in [0.15, 0.2) is 36.4 Å². The van der Waals surface area contributed by atoms with Crippen molar-refractivity contribution in [3.63, 3.8) is 0 Å². The minimum Gasteiger partial charge on any atom is -0.505 e. The highest BCUT2D eigenvalue weighted by atomic mass is 19.2. The van der Waals surface area contributed by atoms with Gasteiger partial charge in [0.25, 0.3) is 0 Å². The first-order valence-electron chi connectivity index (χ1n) is 4.95. The zero-order valence-electron chi connectivity index (χ0n) is 9.08. The molecule has 2 aromatic carbocycles. The standard InChI is InChI=1S/C13H10F2O2/c1-17-11-5-3-2-4-8(11)9-6-7-10(16)13(15)12(9)14/h2-7,16H,1H3. The minimum absolute atomic E-state index is 0.0535. The third-order valence-corrected chi connectivity index (χ3v) is 2.46. The first kappa shape index (κ1) is 11.4. The van der Waals surface area contributed by atoms with Crippen molar-refractivity contribution in [2.24, 2.45) is 0 Å². The van der Waals surface area contributed by atoms with Gasteiger partial charge in [-0.15, -0.1) is 0 Å². The fraction of sp³-hybridized carbons (Fsp3) is 0.0769. The summed E-state index contributed by atoms with van der Waals surface area (Å²) >= 11 is 0. The molecule has 2 aromatic rings. The van der Waals surface area contributed by atoms with E-state index in [1.807, 2.05) is 0 Å². The lowest BCUT2D eigenvalue weighted by molar-refractivity contribution is 0.406. The van der Waals surface area contributed by atoms with E-state index in [-0.39, 0.29) is 5.56 Å². The maximum Gasteiger partial charge on any atom is 0.200 e. The largest absolute Gasteiger partial charge is 0.505 e. The first-order chi connectivity index (χ1) is 8.15. The van der Waals surface area contributed by atoms with Crippen molar-refractivity contribution >= 4 is 0 Å². The third-order valence-electron chi connectivity index (χ3n) is 2.46. The second-order valence-electron chi connectivity index (χ2n) is 3.46. The highest BCUT2D eigenvalue weighted by Gasteiger charge is 2.16. The molecule has 0 saturated heterocycles. The molecular weight excluding hydrogens is 226 g/mol. The second kappa shape index (κ2) is 4.41. The summed E-state index contributed by atoms with van der Waals surface area (Å²) in [5, 5.41) is 9.05. The van der Waals surface area contributed by atoms with Crippen LogP contribution >= 0.6 is 0 Å². The average Bonchev–Trinajstić information content (AvgIpc) is 2.36. The molecule has 0 bridgehead atoms. The van der Waals surface area contributed by atoms with E-state index in [0.717, 1.165) is 6.07 Å². The van der Waals surface area contributed by atoms with Gasteiger partial charge in [-0.2, -0.15) is 4.39 Å². The topological polar surface area (TPSA) is 29.5 Å². The zero-order chi connectivity index (χ0) is 12.4. The van der Waals surface area contributed by atoms with E-state index >= 15 is 0 Å². The van der Waals surface area contributed by atoms with E-state index in [9.17, 15) is 8.78 Å². The van der Waals surface area contributed by atoms with Crippen LogP contribution in [0.3, 0.4) is 0 Å². The molecule has 0 atom stereocenters. The summed E-state index contributed by atoms with van der Waals surface area (Å²) in [4.78, 5) is 0. The van der Waals surface area contributed by atoms with Gasteiger partial charge in [0.05, 0.1) is 7.11 Å². The van der Waals surface area contributed by atoms with Gasteiger partial charge in [0.2, 0.25) is 5.82 Å². The molecule has 0 spiro atoms. The Kier molecular flexibility index (Phi) is 2.95. The minimum atomic E-state index is -1.26. The molecule has 88 valence electrons. The number of rotatable bonds is 2. The van der Waals surface area contributed by atoms with Gasteiger partial charge in [0.15, 0.2) is 11.6 Å². The Morgan fingerprint density at radius 2 is 1.65 bits per heavy atom. The molecule has 4 heteroatoms. The fourth-order valence-corrected chi connectivity index (χ4v) is 1.61. The fourth-order valence-electron chi connectivity index (χ4n) is 1.61. The number of methoxy groups -OCH3 is 1. The number of phenols is 1. The molecule has 2 nitrogen and oxygen atoms in total. The number of hydrogen-bond donors (Lipinski definition) is 1. The zero-order valence-corrected chi connectivity index (χ0v) is 9.08. The molecule has 0 amide bonds. The van der Waals surface area contributed by atoms with E-state index in [1.165, 1.54) is 13.2 Å². The van der Waals surface area contributed by atoms with E-state index in [0.29, 0.717) is 11.3 Å². The average molecular weight is 236 g/mol. The van der Waals surface area contributed by atoms with Crippen molar-refractivity contribution in [1.82, 2.24) is 0 Å². The Bertz CT molecular complexity index is 553. The predicted octanol–water partition coefficient (Wildman–Crippen LogP) is 3.35. The van der Waals surface area contributed by atoms with Crippen molar-refractivity contribution in [3.8, 4) is 22.6 Å².